The van der Waals surface area contributed by atoms with Crippen molar-refractivity contribution in [3.63, 3.8) is 0 Å². The zero-order valence-corrected chi connectivity index (χ0v) is 8.98. The first-order valence-corrected chi connectivity index (χ1v) is 6.98. The van der Waals surface area contributed by atoms with Crippen LogP contribution in [0.25, 0.3) is 0 Å². The molecule has 0 amide bonds. The summed E-state index contributed by atoms with van der Waals surface area (Å²) in [4.78, 5) is 0. The quantitative estimate of drug-likeness (QED) is 0.623. The first-order valence-electron chi connectivity index (χ1n) is 4.54. The zero-order chi connectivity index (χ0) is 7.94. The van der Waals surface area contributed by atoms with Crippen LogP contribution in [0.1, 0.15) is 32.1 Å². The molecular formula is C9H18S2. The molecule has 0 aromatic carbocycles. The van der Waals surface area contributed by atoms with E-state index in [-0.39, 0.29) is 0 Å². The molecule has 0 heterocycles. The van der Waals surface area contributed by atoms with E-state index in [1.165, 1.54) is 43.6 Å². The van der Waals surface area contributed by atoms with E-state index in [0.29, 0.717) is 0 Å². The molecule has 0 radical (unpaired) electrons. The van der Waals surface area contributed by atoms with Crippen LogP contribution >= 0.6 is 23.5 Å². The van der Waals surface area contributed by atoms with Crippen molar-refractivity contribution in [2.24, 2.45) is 0 Å². The predicted octanol–water partition coefficient (Wildman–Crippen LogP) is 3.42. The summed E-state index contributed by atoms with van der Waals surface area (Å²) in [6.45, 7) is 0. The lowest BCUT2D eigenvalue weighted by Gasteiger charge is -2.20. The van der Waals surface area contributed by atoms with Crippen molar-refractivity contribution in [1.29, 1.82) is 0 Å². The maximum absolute atomic E-state index is 2.20. The van der Waals surface area contributed by atoms with E-state index in [2.05, 4.69) is 18.0 Å². The normalized spacial score (nSPS) is 20.5. The number of rotatable bonds is 4. The molecule has 0 bridgehead atoms. The average Bonchev–Trinajstić information content (AvgIpc) is 2.07. The van der Waals surface area contributed by atoms with Crippen LogP contribution in [0.3, 0.4) is 0 Å². The van der Waals surface area contributed by atoms with Gasteiger partial charge in [0.05, 0.1) is 0 Å². The van der Waals surface area contributed by atoms with Crippen LogP contribution in [-0.4, -0.2) is 23.0 Å². The number of hydrogen-bond acceptors (Lipinski definition) is 2. The Bertz CT molecular complexity index is 87.6. The highest BCUT2D eigenvalue weighted by atomic mass is 32.2. The molecule has 0 aliphatic heterocycles. The van der Waals surface area contributed by atoms with Crippen molar-refractivity contribution in [3.8, 4) is 0 Å². The summed E-state index contributed by atoms with van der Waals surface area (Å²) in [5.74, 6) is 2.70. The second kappa shape index (κ2) is 6.24. The zero-order valence-electron chi connectivity index (χ0n) is 7.34. The number of hydrogen-bond donors (Lipinski definition) is 0. The topological polar surface area (TPSA) is 0 Å². The van der Waals surface area contributed by atoms with Crippen molar-refractivity contribution in [2.75, 3.05) is 17.8 Å². The first-order chi connectivity index (χ1) is 5.43. The molecule has 1 aliphatic rings. The van der Waals surface area contributed by atoms with Crippen LogP contribution < -0.4 is 0 Å². The molecule has 0 spiro atoms. The molecule has 1 aliphatic carbocycles. The van der Waals surface area contributed by atoms with Crippen LogP contribution in [0.5, 0.6) is 0 Å². The lowest BCUT2D eigenvalue weighted by molar-refractivity contribution is 0.516. The molecular weight excluding hydrogens is 172 g/mol. The predicted molar refractivity (Wildman–Crippen MR) is 57.7 cm³/mol. The maximum Gasteiger partial charge on any atom is 0.00473 e. The molecule has 0 aromatic heterocycles. The molecule has 1 saturated carbocycles. The lowest BCUT2D eigenvalue weighted by Crippen LogP contribution is -2.08. The Kier molecular flexibility index (Phi) is 5.55. The van der Waals surface area contributed by atoms with Gasteiger partial charge >= 0.3 is 0 Å². The van der Waals surface area contributed by atoms with Gasteiger partial charge in [-0.3, -0.25) is 0 Å². The summed E-state index contributed by atoms with van der Waals surface area (Å²) in [7, 11) is 0. The van der Waals surface area contributed by atoms with Crippen molar-refractivity contribution in [3.05, 3.63) is 0 Å². The summed E-state index contributed by atoms with van der Waals surface area (Å²) >= 11 is 4.17. The third-order valence-electron chi connectivity index (χ3n) is 2.19. The second-order valence-electron chi connectivity index (χ2n) is 3.12. The van der Waals surface area contributed by atoms with E-state index in [1.54, 1.807) is 0 Å². The van der Waals surface area contributed by atoms with Gasteiger partial charge in [0.2, 0.25) is 0 Å². The van der Waals surface area contributed by atoms with Crippen LogP contribution in [0.4, 0.5) is 0 Å². The van der Waals surface area contributed by atoms with E-state index in [1.807, 2.05) is 11.8 Å². The van der Waals surface area contributed by atoms with Gasteiger partial charge in [0.1, 0.15) is 0 Å². The third-order valence-corrected chi connectivity index (χ3v) is 4.45. The van der Waals surface area contributed by atoms with E-state index < -0.39 is 0 Å². The van der Waals surface area contributed by atoms with Gasteiger partial charge in [-0.2, -0.15) is 23.5 Å². The molecule has 1 rings (SSSR count). The van der Waals surface area contributed by atoms with Gasteiger partial charge in [0, 0.05) is 16.8 Å². The summed E-state index contributed by atoms with van der Waals surface area (Å²) in [5, 5.41) is 1.01. The largest absolute Gasteiger partial charge is 0.165 e. The highest BCUT2D eigenvalue weighted by molar-refractivity contribution is 8.02. The molecule has 0 unspecified atom stereocenters. The molecule has 66 valence electrons. The monoisotopic (exact) mass is 190 g/mol. The van der Waals surface area contributed by atoms with Crippen LogP contribution in [0, 0.1) is 0 Å². The van der Waals surface area contributed by atoms with Gasteiger partial charge in [-0.15, -0.1) is 0 Å². The average molecular weight is 190 g/mol. The maximum atomic E-state index is 2.20. The molecule has 0 aromatic rings. The molecule has 2 heteroatoms. The van der Waals surface area contributed by atoms with Crippen molar-refractivity contribution < 1.29 is 0 Å². The van der Waals surface area contributed by atoms with Gasteiger partial charge < -0.3 is 0 Å². The van der Waals surface area contributed by atoms with Gasteiger partial charge in [-0.05, 0) is 19.1 Å². The van der Waals surface area contributed by atoms with E-state index in [9.17, 15) is 0 Å². The summed E-state index contributed by atoms with van der Waals surface area (Å²) in [6, 6.07) is 0. The Morgan fingerprint density at radius 1 is 1.09 bits per heavy atom. The molecule has 0 atom stereocenters. The highest BCUT2D eigenvalue weighted by Gasteiger charge is 2.12. The van der Waals surface area contributed by atoms with Crippen LogP contribution in [-0.2, 0) is 0 Å². The van der Waals surface area contributed by atoms with Gasteiger partial charge in [0.15, 0.2) is 0 Å². The summed E-state index contributed by atoms with van der Waals surface area (Å²) < 4.78 is 0. The minimum Gasteiger partial charge on any atom is -0.165 e. The SMILES string of the molecule is CSCCSC1CCCCC1. The Labute approximate surface area is 78.9 Å². The summed E-state index contributed by atoms with van der Waals surface area (Å²) in [6.07, 6.45) is 9.62. The minimum atomic E-state index is 1.01. The Morgan fingerprint density at radius 2 is 1.82 bits per heavy atom. The molecule has 11 heavy (non-hydrogen) atoms. The van der Waals surface area contributed by atoms with Gasteiger partial charge in [-0.1, -0.05) is 19.3 Å². The third kappa shape index (κ3) is 4.32. The fourth-order valence-electron chi connectivity index (χ4n) is 1.53. The second-order valence-corrected chi connectivity index (χ2v) is 5.52. The summed E-state index contributed by atoms with van der Waals surface area (Å²) in [5.41, 5.74) is 0. The fourth-order valence-corrected chi connectivity index (χ4v) is 3.58. The van der Waals surface area contributed by atoms with Gasteiger partial charge in [-0.25, -0.2) is 0 Å². The Morgan fingerprint density at radius 3 is 2.45 bits per heavy atom. The van der Waals surface area contributed by atoms with E-state index in [0.717, 1.165) is 5.25 Å². The van der Waals surface area contributed by atoms with Crippen molar-refractivity contribution in [2.45, 2.75) is 37.4 Å². The molecule has 0 saturated heterocycles. The fraction of sp³-hybridized carbons (Fsp3) is 1.00. The molecule has 0 nitrogen and oxygen atoms in total. The first kappa shape index (κ1) is 9.79. The highest BCUT2D eigenvalue weighted by Crippen LogP contribution is 2.28. The number of thioether (sulfide) groups is 2. The minimum absolute atomic E-state index is 1.01. The van der Waals surface area contributed by atoms with Crippen LogP contribution in [0.2, 0.25) is 0 Å². The van der Waals surface area contributed by atoms with Gasteiger partial charge in [0.25, 0.3) is 0 Å². The molecule has 0 N–H and O–H groups in total. The van der Waals surface area contributed by atoms with Crippen molar-refractivity contribution >= 4 is 23.5 Å². The van der Waals surface area contributed by atoms with E-state index >= 15 is 0 Å². The standard InChI is InChI=1S/C9H18S2/c1-10-7-8-11-9-5-3-2-4-6-9/h9H,2-8H2,1H3. The van der Waals surface area contributed by atoms with Crippen molar-refractivity contribution in [1.82, 2.24) is 0 Å². The lowest BCUT2D eigenvalue weighted by atomic mass is 10.0. The molecule has 1 fully saturated rings. The smallest absolute Gasteiger partial charge is 0.00473 e. The van der Waals surface area contributed by atoms with Crippen LogP contribution in [0.15, 0.2) is 0 Å². The Hall–Kier alpha value is 0.700. The van der Waals surface area contributed by atoms with E-state index in [4.69, 9.17) is 0 Å². The Balaban J connectivity index is 1.96.